The van der Waals surface area contributed by atoms with E-state index in [0.29, 0.717) is 24.5 Å². The number of hydrogen-bond donors (Lipinski definition) is 0. The lowest BCUT2D eigenvalue weighted by molar-refractivity contribution is -0.118. The van der Waals surface area contributed by atoms with Crippen molar-refractivity contribution in [1.82, 2.24) is 4.90 Å². The topological polar surface area (TPSA) is 45.2 Å². The Labute approximate surface area is 167 Å². The van der Waals surface area contributed by atoms with Crippen molar-refractivity contribution >= 4 is 17.3 Å². The van der Waals surface area contributed by atoms with Crippen LogP contribution in [0, 0.1) is 0 Å². The summed E-state index contributed by atoms with van der Waals surface area (Å²) in [5, 5.41) is 0. The Kier molecular flexibility index (Phi) is 6.41. The van der Waals surface area contributed by atoms with Crippen LogP contribution in [0.25, 0.3) is 0 Å². The molecule has 6 heteroatoms. The molecular weight excluding hydrogens is 354 g/mol. The zero-order chi connectivity index (χ0) is 20.1. The van der Waals surface area contributed by atoms with Crippen molar-refractivity contribution in [2.45, 2.75) is 6.42 Å². The number of rotatable bonds is 7. The smallest absolute Gasteiger partial charge is 0.231 e. The highest BCUT2D eigenvalue weighted by atomic mass is 16.5. The predicted octanol–water partition coefficient (Wildman–Crippen LogP) is 2.66. The maximum Gasteiger partial charge on any atom is 0.231 e. The van der Waals surface area contributed by atoms with Crippen LogP contribution in [0.2, 0.25) is 0 Å². The minimum Gasteiger partial charge on any atom is -0.493 e. The Balaban J connectivity index is 1.77. The molecule has 3 rings (SSSR count). The van der Waals surface area contributed by atoms with Crippen LogP contribution in [-0.4, -0.2) is 65.3 Å². The maximum absolute atomic E-state index is 13.1. The lowest BCUT2D eigenvalue weighted by atomic mass is 10.1. The average Bonchev–Trinajstić information content (AvgIpc) is 2.71. The van der Waals surface area contributed by atoms with E-state index in [4.69, 9.17) is 9.47 Å². The summed E-state index contributed by atoms with van der Waals surface area (Å²) in [6, 6.07) is 13.8. The molecule has 0 atom stereocenters. The molecule has 1 amide bonds. The van der Waals surface area contributed by atoms with Gasteiger partial charge in [-0.2, -0.15) is 0 Å². The Morgan fingerprint density at radius 1 is 1.00 bits per heavy atom. The number of ether oxygens (including phenoxy) is 2. The zero-order valence-corrected chi connectivity index (χ0v) is 17.1. The fourth-order valence-electron chi connectivity index (χ4n) is 3.49. The molecule has 0 spiro atoms. The number of hydrogen-bond acceptors (Lipinski definition) is 5. The molecule has 2 aromatic carbocycles. The number of likely N-dealkylation sites (N-methyl/N-ethyl adjacent to an activating group) is 1. The van der Waals surface area contributed by atoms with Crippen LogP contribution in [0.5, 0.6) is 11.5 Å². The minimum absolute atomic E-state index is 0.0897. The highest BCUT2D eigenvalue weighted by Crippen LogP contribution is 2.33. The number of carbonyl (C=O) groups excluding carboxylic acids is 1. The molecule has 1 aliphatic rings. The number of para-hydroxylation sites is 2. The molecule has 0 aromatic heterocycles. The lowest BCUT2D eigenvalue weighted by Crippen LogP contribution is -2.46. The van der Waals surface area contributed by atoms with Crippen LogP contribution in [-0.2, 0) is 11.2 Å². The first kappa shape index (κ1) is 20.0. The molecule has 28 heavy (non-hydrogen) atoms. The van der Waals surface area contributed by atoms with E-state index in [1.807, 2.05) is 41.3 Å². The summed E-state index contributed by atoms with van der Waals surface area (Å²) in [5.74, 6) is 1.40. The molecule has 1 aliphatic heterocycles. The van der Waals surface area contributed by atoms with Gasteiger partial charge in [0.25, 0.3) is 0 Å². The summed E-state index contributed by atoms with van der Waals surface area (Å²) in [7, 11) is 7.37. The molecular formula is C22H29N3O3. The number of carbonyl (C=O) groups is 1. The molecule has 0 N–H and O–H groups in total. The third-order valence-corrected chi connectivity index (χ3v) is 5.03. The summed E-state index contributed by atoms with van der Waals surface area (Å²) in [5.41, 5.74) is 3.02. The van der Waals surface area contributed by atoms with Crippen molar-refractivity contribution in [2.75, 3.05) is 64.3 Å². The zero-order valence-electron chi connectivity index (χ0n) is 17.1. The summed E-state index contributed by atoms with van der Waals surface area (Å²) >= 11 is 0. The molecule has 0 bridgehead atoms. The summed E-state index contributed by atoms with van der Waals surface area (Å²) in [6.07, 6.45) is 0.326. The van der Waals surface area contributed by atoms with Crippen molar-refractivity contribution in [2.24, 2.45) is 0 Å². The number of anilines is 2. The van der Waals surface area contributed by atoms with E-state index >= 15 is 0 Å². The molecule has 0 aliphatic carbocycles. The van der Waals surface area contributed by atoms with Crippen molar-refractivity contribution in [1.29, 1.82) is 0 Å². The first-order valence-corrected chi connectivity index (χ1v) is 9.53. The van der Waals surface area contributed by atoms with Crippen molar-refractivity contribution in [3.8, 4) is 11.5 Å². The number of amides is 1. The van der Waals surface area contributed by atoms with Crippen LogP contribution in [0.1, 0.15) is 5.56 Å². The van der Waals surface area contributed by atoms with Gasteiger partial charge in [0.1, 0.15) is 0 Å². The van der Waals surface area contributed by atoms with E-state index in [9.17, 15) is 4.79 Å². The fourth-order valence-corrected chi connectivity index (χ4v) is 3.49. The molecule has 6 nitrogen and oxygen atoms in total. The van der Waals surface area contributed by atoms with Crippen molar-refractivity contribution in [3.05, 3.63) is 48.0 Å². The normalized spacial score (nSPS) is 13.5. The van der Waals surface area contributed by atoms with Crippen LogP contribution < -0.4 is 19.3 Å². The van der Waals surface area contributed by atoms with Crippen LogP contribution >= 0.6 is 0 Å². The molecule has 0 fully saturated rings. The van der Waals surface area contributed by atoms with Gasteiger partial charge in [-0.15, -0.1) is 0 Å². The Morgan fingerprint density at radius 2 is 1.71 bits per heavy atom. The molecule has 1 heterocycles. The first-order chi connectivity index (χ1) is 13.5. The van der Waals surface area contributed by atoms with Gasteiger partial charge in [-0.05, 0) is 43.9 Å². The Hall–Kier alpha value is -2.73. The predicted molar refractivity (Wildman–Crippen MR) is 113 cm³/mol. The summed E-state index contributed by atoms with van der Waals surface area (Å²) in [6.45, 7) is 3.45. The second-order valence-electron chi connectivity index (χ2n) is 7.19. The van der Waals surface area contributed by atoms with Gasteiger partial charge in [0.2, 0.25) is 5.91 Å². The van der Waals surface area contributed by atoms with Crippen LogP contribution in [0.15, 0.2) is 42.5 Å². The molecule has 2 aromatic rings. The third kappa shape index (κ3) is 4.39. The second-order valence-corrected chi connectivity index (χ2v) is 7.19. The van der Waals surface area contributed by atoms with Crippen molar-refractivity contribution < 1.29 is 14.3 Å². The van der Waals surface area contributed by atoms with Gasteiger partial charge in [0.05, 0.1) is 32.0 Å². The van der Waals surface area contributed by atoms with Gasteiger partial charge in [-0.1, -0.05) is 18.2 Å². The molecule has 150 valence electrons. The largest absolute Gasteiger partial charge is 0.493 e. The van der Waals surface area contributed by atoms with E-state index in [0.717, 1.165) is 36.6 Å². The highest BCUT2D eigenvalue weighted by Gasteiger charge is 2.26. The molecule has 0 saturated carbocycles. The second kappa shape index (κ2) is 8.97. The number of nitrogens with zero attached hydrogens (tertiary/aromatic N) is 3. The number of benzene rings is 2. The van der Waals surface area contributed by atoms with E-state index in [2.05, 4.69) is 30.0 Å². The summed E-state index contributed by atoms with van der Waals surface area (Å²) < 4.78 is 10.6. The van der Waals surface area contributed by atoms with Gasteiger partial charge in [-0.3, -0.25) is 4.79 Å². The Morgan fingerprint density at radius 3 is 2.39 bits per heavy atom. The fraction of sp³-hybridized carbons (Fsp3) is 0.409. The van der Waals surface area contributed by atoms with E-state index < -0.39 is 0 Å². The third-order valence-electron chi connectivity index (χ3n) is 5.03. The van der Waals surface area contributed by atoms with Gasteiger partial charge < -0.3 is 24.2 Å². The van der Waals surface area contributed by atoms with E-state index in [-0.39, 0.29) is 5.91 Å². The molecule has 0 radical (unpaired) electrons. The first-order valence-electron chi connectivity index (χ1n) is 9.53. The van der Waals surface area contributed by atoms with Gasteiger partial charge in [-0.25, -0.2) is 0 Å². The standard InChI is InChI=1S/C22H29N3O3/c1-23(2)11-12-24-13-14-25(19-8-6-5-7-18(19)24)22(26)16-17-9-10-20(27-3)21(15-17)28-4/h5-10,15H,11-14,16H2,1-4H3. The Bertz CT molecular complexity index is 822. The summed E-state index contributed by atoms with van der Waals surface area (Å²) in [4.78, 5) is 19.5. The maximum atomic E-state index is 13.1. The van der Waals surface area contributed by atoms with Gasteiger partial charge in [0.15, 0.2) is 11.5 Å². The van der Waals surface area contributed by atoms with Crippen molar-refractivity contribution in [3.63, 3.8) is 0 Å². The number of fused-ring (bicyclic) bond motifs is 1. The quantitative estimate of drug-likeness (QED) is 0.736. The SMILES string of the molecule is COc1ccc(CC(=O)N2CCN(CCN(C)C)c3ccccc32)cc1OC. The monoisotopic (exact) mass is 383 g/mol. The van der Waals surface area contributed by atoms with Gasteiger partial charge in [0, 0.05) is 26.2 Å². The average molecular weight is 383 g/mol. The van der Waals surface area contributed by atoms with Crippen LogP contribution in [0.3, 0.4) is 0 Å². The minimum atomic E-state index is 0.0897. The van der Waals surface area contributed by atoms with Crippen LogP contribution in [0.4, 0.5) is 11.4 Å². The van der Waals surface area contributed by atoms with E-state index in [1.54, 1.807) is 14.2 Å². The number of methoxy groups -OCH3 is 2. The molecule has 0 unspecified atom stereocenters. The van der Waals surface area contributed by atoms with E-state index in [1.165, 1.54) is 0 Å². The molecule has 0 saturated heterocycles. The highest BCUT2D eigenvalue weighted by molar-refractivity contribution is 5.99. The lowest BCUT2D eigenvalue weighted by Gasteiger charge is -2.38. The van der Waals surface area contributed by atoms with Gasteiger partial charge >= 0.3 is 0 Å².